The third kappa shape index (κ3) is 2.80. The first-order chi connectivity index (χ1) is 8.37. The van der Waals surface area contributed by atoms with Crippen LogP contribution in [0.4, 0.5) is 0 Å². The summed E-state index contributed by atoms with van der Waals surface area (Å²) in [7, 11) is -1.79. The van der Waals surface area contributed by atoms with E-state index in [9.17, 15) is 13.2 Å². The molecule has 0 radical (unpaired) electrons. The molecule has 0 fully saturated rings. The molecule has 1 heterocycles. The van der Waals surface area contributed by atoms with Gasteiger partial charge in [-0.3, -0.25) is 8.75 Å². The van der Waals surface area contributed by atoms with Gasteiger partial charge in [-0.1, -0.05) is 6.07 Å². The number of benzene rings is 1. The first-order valence-electron chi connectivity index (χ1n) is 5.30. The number of hydrogen-bond acceptors (Lipinski definition) is 5. The van der Waals surface area contributed by atoms with E-state index in [4.69, 9.17) is 4.42 Å². The van der Waals surface area contributed by atoms with E-state index in [0.29, 0.717) is 17.5 Å². The van der Waals surface area contributed by atoms with Gasteiger partial charge in [-0.05, 0) is 24.1 Å². The van der Waals surface area contributed by atoms with E-state index in [2.05, 4.69) is 4.18 Å². The largest absolute Gasteiger partial charge is 0.419 e. The van der Waals surface area contributed by atoms with Gasteiger partial charge in [-0.2, -0.15) is 8.42 Å². The molecule has 98 valence electrons. The lowest BCUT2D eigenvalue weighted by Gasteiger charge is -2.01. The SMILES string of the molecule is Cn1c(=O)oc2cc(CCOS(C)(=O)=O)ccc21. The second kappa shape index (κ2) is 4.58. The van der Waals surface area contributed by atoms with Gasteiger partial charge in [-0.25, -0.2) is 4.79 Å². The van der Waals surface area contributed by atoms with Crippen LogP contribution in [0.5, 0.6) is 0 Å². The van der Waals surface area contributed by atoms with Gasteiger partial charge < -0.3 is 4.42 Å². The number of aryl methyl sites for hydroxylation is 1. The number of fused-ring (bicyclic) bond motifs is 1. The molecule has 1 aromatic heterocycles. The molecule has 0 saturated carbocycles. The average molecular weight is 271 g/mol. The summed E-state index contributed by atoms with van der Waals surface area (Å²) in [4.78, 5) is 11.3. The highest BCUT2D eigenvalue weighted by molar-refractivity contribution is 7.85. The third-order valence-electron chi connectivity index (χ3n) is 2.54. The van der Waals surface area contributed by atoms with Gasteiger partial charge in [0, 0.05) is 7.05 Å². The van der Waals surface area contributed by atoms with Crippen molar-refractivity contribution in [1.82, 2.24) is 4.57 Å². The van der Waals surface area contributed by atoms with Crippen LogP contribution >= 0.6 is 0 Å². The zero-order chi connectivity index (χ0) is 13.3. The molecule has 2 rings (SSSR count). The van der Waals surface area contributed by atoms with Crippen molar-refractivity contribution in [2.75, 3.05) is 12.9 Å². The molecule has 0 bridgehead atoms. The summed E-state index contributed by atoms with van der Waals surface area (Å²) in [6.07, 6.45) is 1.44. The predicted molar refractivity (Wildman–Crippen MR) is 66.0 cm³/mol. The number of aromatic nitrogens is 1. The second-order valence-corrected chi connectivity index (χ2v) is 5.65. The topological polar surface area (TPSA) is 78.5 Å². The lowest BCUT2D eigenvalue weighted by atomic mass is 10.1. The summed E-state index contributed by atoms with van der Waals surface area (Å²) in [6.45, 7) is 0.0708. The van der Waals surface area contributed by atoms with E-state index in [1.165, 1.54) is 4.57 Å². The lowest BCUT2D eigenvalue weighted by Crippen LogP contribution is -2.08. The minimum atomic E-state index is -3.42. The first-order valence-corrected chi connectivity index (χ1v) is 7.11. The summed E-state index contributed by atoms with van der Waals surface area (Å²) >= 11 is 0. The zero-order valence-electron chi connectivity index (χ0n) is 10.0. The summed E-state index contributed by atoms with van der Waals surface area (Å²) in [6, 6.07) is 5.28. The van der Waals surface area contributed by atoms with E-state index in [1.807, 2.05) is 6.07 Å². The van der Waals surface area contributed by atoms with E-state index in [0.717, 1.165) is 11.8 Å². The molecular weight excluding hydrogens is 258 g/mol. The van der Waals surface area contributed by atoms with E-state index in [1.54, 1.807) is 19.2 Å². The Balaban J connectivity index is 2.18. The first kappa shape index (κ1) is 12.8. The summed E-state index contributed by atoms with van der Waals surface area (Å²) < 4.78 is 32.7. The highest BCUT2D eigenvalue weighted by Crippen LogP contribution is 2.14. The number of rotatable bonds is 4. The highest BCUT2D eigenvalue weighted by atomic mass is 32.2. The average Bonchev–Trinajstić information content (AvgIpc) is 2.53. The van der Waals surface area contributed by atoms with Gasteiger partial charge >= 0.3 is 5.76 Å². The zero-order valence-corrected chi connectivity index (χ0v) is 10.9. The molecule has 0 amide bonds. The smallest absolute Gasteiger partial charge is 0.408 e. The van der Waals surface area contributed by atoms with Gasteiger partial charge in [0.05, 0.1) is 18.4 Å². The van der Waals surface area contributed by atoms with Crippen LogP contribution in [-0.2, 0) is 27.8 Å². The van der Waals surface area contributed by atoms with Crippen LogP contribution in [0.25, 0.3) is 11.1 Å². The van der Waals surface area contributed by atoms with Gasteiger partial charge in [0.1, 0.15) is 0 Å². The standard InChI is InChI=1S/C11H13NO5S/c1-12-9-4-3-8(5-6-16-18(2,14)15)7-10(9)17-11(12)13/h3-4,7H,5-6H2,1-2H3. The fourth-order valence-electron chi connectivity index (χ4n) is 1.64. The van der Waals surface area contributed by atoms with E-state index >= 15 is 0 Å². The van der Waals surface area contributed by atoms with Crippen molar-refractivity contribution in [2.24, 2.45) is 7.05 Å². The quantitative estimate of drug-likeness (QED) is 0.763. The molecule has 7 heteroatoms. The van der Waals surface area contributed by atoms with Crippen LogP contribution in [-0.4, -0.2) is 25.8 Å². The maximum atomic E-state index is 11.3. The molecule has 0 aliphatic rings. The van der Waals surface area contributed by atoms with Crippen LogP contribution in [0.3, 0.4) is 0 Å². The number of oxazole rings is 1. The lowest BCUT2D eigenvalue weighted by molar-refractivity contribution is 0.326. The predicted octanol–water partition coefficient (Wildman–Crippen LogP) is 0.650. The van der Waals surface area contributed by atoms with Crippen molar-refractivity contribution >= 4 is 21.2 Å². The van der Waals surface area contributed by atoms with Crippen molar-refractivity contribution in [3.63, 3.8) is 0 Å². The number of hydrogen-bond donors (Lipinski definition) is 0. The molecular formula is C11H13NO5S. The Morgan fingerprint density at radius 1 is 1.39 bits per heavy atom. The minimum Gasteiger partial charge on any atom is -0.408 e. The third-order valence-corrected chi connectivity index (χ3v) is 3.14. The van der Waals surface area contributed by atoms with Gasteiger partial charge in [0.25, 0.3) is 10.1 Å². The van der Waals surface area contributed by atoms with Crippen LogP contribution in [0.2, 0.25) is 0 Å². The van der Waals surface area contributed by atoms with Gasteiger partial charge in [0.15, 0.2) is 5.58 Å². The second-order valence-electron chi connectivity index (χ2n) is 4.01. The molecule has 0 N–H and O–H groups in total. The Labute approximate surface area is 104 Å². The van der Waals surface area contributed by atoms with Crippen molar-refractivity contribution in [2.45, 2.75) is 6.42 Å². The van der Waals surface area contributed by atoms with Crippen LogP contribution < -0.4 is 5.76 Å². The maximum absolute atomic E-state index is 11.3. The van der Waals surface area contributed by atoms with Crippen LogP contribution in [0, 0.1) is 0 Å². The minimum absolute atomic E-state index is 0.0708. The number of nitrogens with zero attached hydrogens (tertiary/aromatic N) is 1. The van der Waals surface area contributed by atoms with Crippen LogP contribution in [0.1, 0.15) is 5.56 Å². The molecule has 0 saturated heterocycles. The monoisotopic (exact) mass is 271 g/mol. The normalized spacial score (nSPS) is 12.1. The molecule has 6 nitrogen and oxygen atoms in total. The molecule has 0 aliphatic heterocycles. The molecule has 18 heavy (non-hydrogen) atoms. The van der Waals surface area contributed by atoms with Crippen molar-refractivity contribution in [3.8, 4) is 0 Å². The Morgan fingerprint density at radius 2 is 2.11 bits per heavy atom. The Hall–Kier alpha value is -1.60. The fraction of sp³-hybridized carbons (Fsp3) is 0.364. The maximum Gasteiger partial charge on any atom is 0.419 e. The van der Waals surface area contributed by atoms with Gasteiger partial charge in [0.2, 0.25) is 0 Å². The van der Waals surface area contributed by atoms with E-state index in [-0.39, 0.29) is 6.61 Å². The van der Waals surface area contributed by atoms with Crippen molar-refractivity contribution in [1.29, 1.82) is 0 Å². The Morgan fingerprint density at radius 3 is 2.78 bits per heavy atom. The summed E-state index contributed by atoms with van der Waals surface area (Å²) in [5.41, 5.74) is 2.03. The molecule has 0 atom stereocenters. The summed E-state index contributed by atoms with van der Waals surface area (Å²) in [5, 5.41) is 0. The van der Waals surface area contributed by atoms with Gasteiger partial charge in [-0.15, -0.1) is 0 Å². The highest BCUT2D eigenvalue weighted by Gasteiger charge is 2.07. The molecule has 0 aliphatic carbocycles. The summed E-state index contributed by atoms with van der Waals surface area (Å²) in [5.74, 6) is -0.422. The molecule has 1 aromatic carbocycles. The molecule has 0 unspecified atom stereocenters. The van der Waals surface area contributed by atoms with E-state index < -0.39 is 15.9 Å². The van der Waals surface area contributed by atoms with Crippen molar-refractivity contribution in [3.05, 3.63) is 34.3 Å². The Bertz CT molecular complexity index is 725. The molecule has 0 spiro atoms. The Kier molecular flexibility index (Phi) is 3.27. The fourth-order valence-corrected chi connectivity index (χ4v) is 2.03. The van der Waals surface area contributed by atoms with Crippen molar-refractivity contribution < 1.29 is 17.0 Å². The van der Waals surface area contributed by atoms with Crippen LogP contribution in [0.15, 0.2) is 27.4 Å². The molecule has 2 aromatic rings.